The van der Waals surface area contributed by atoms with Crippen molar-refractivity contribution in [3.05, 3.63) is 64.1 Å². The van der Waals surface area contributed by atoms with Crippen LogP contribution in [0, 0.1) is 0 Å². The second kappa shape index (κ2) is 8.82. The molecule has 2 N–H and O–H groups in total. The Morgan fingerprint density at radius 3 is 2.48 bits per heavy atom. The van der Waals surface area contributed by atoms with Gasteiger partial charge in [-0.15, -0.1) is 0 Å². The van der Waals surface area contributed by atoms with E-state index >= 15 is 0 Å². The zero-order valence-electron chi connectivity index (χ0n) is 11.9. The Hall–Kier alpha value is -1.36. The fraction of sp³-hybridized carbons (Fsp3) is 0.294. The second-order valence-electron chi connectivity index (χ2n) is 4.71. The van der Waals surface area contributed by atoms with Gasteiger partial charge in [-0.2, -0.15) is 0 Å². The van der Waals surface area contributed by atoms with Crippen LogP contribution in [0.5, 0.6) is 5.75 Å². The SMILES string of the molecule is NCCc1ccc(OCCOCc2cccc(Br)c2)cc1. The third-order valence-corrected chi connectivity index (χ3v) is 3.50. The zero-order chi connectivity index (χ0) is 14.9. The van der Waals surface area contributed by atoms with Gasteiger partial charge in [-0.3, -0.25) is 0 Å². The molecule has 3 nitrogen and oxygen atoms in total. The highest BCUT2D eigenvalue weighted by atomic mass is 79.9. The molecular formula is C17H20BrNO2. The molecule has 2 rings (SSSR count). The number of hydrogen-bond donors (Lipinski definition) is 1. The molecule has 112 valence electrons. The van der Waals surface area contributed by atoms with Gasteiger partial charge >= 0.3 is 0 Å². The van der Waals surface area contributed by atoms with Gasteiger partial charge in [-0.25, -0.2) is 0 Å². The number of rotatable bonds is 8. The zero-order valence-corrected chi connectivity index (χ0v) is 13.5. The van der Waals surface area contributed by atoms with Gasteiger partial charge in [0, 0.05) is 4.47 Å². The first kappa shape index (κ1) is 16.0. The molecule has 0 saturated heterocycles. The summed E-state index contributed by atoms with van der Waals surface area (Å²) in [6.45, 7) is 2.38. The Morgan fingerprint density at radius 2 is 1.76 bits per heavy atom. The van der Waals surface area contributed by atoms with Crippen LogP contribution in [0.3, 0.4) is 0 Å². The summed E-state index contributed by atoms with van der Waals surface area (Å²) in [6, 6.07) is 16.1. The number of halogens is 1. The van der Waals surface area contributed by atoms with Gasteiger partial charge in [0.1, 0.15) is 12.4 Å². The van der Waals surface area contributed by atoms with Gasteiger partial charge in [0.05, 0.1) is 13.2 Å². The van der Waals surface area contributed by atoms with Crippen LogP contribution in [0.1, 0.15) is 11.1 Å². The van der Waals surface area contributed by atoms with Gasteiger partial charge in [-0.1, -0.05) is 40.2 Å². The molecule has 0 atom stereocenters. The molecule has 0 saturated carbocycles. The van der Waals surface area contributed by atoms with Crippen molar-refractivity contribution < 1.29 is 9.47 Å². The van der Waals surface area contributed by atoms with Gasteiger partial charge < -0.3 is 15.2 Å². The topological polar surface area (TPSA) is 44.5 Å². The van der Waals surface area contributed by atoms with Crippen molar-refractivity contribution in [1.29, 1.82) is 0 Å². The molecule has 0 aliphatic heterocycles. The second-order valence-corrected chi connectivity index (χ2v) is 5.63. The summed E-state index contributed by atoms with van der Waals surface area (Å²) in [7, 11) is 0. The smallest absolute Gasteiger partial charge is 0.119 e. The van der Waals surface area contributed by atoms with E-state index in [1.807, 2.05) is 42.5 Å². The fourth-order valence-electron chi connectivity index (χ4n) is 1.95. The summed E-state index contributed by atoms with van der Waals surface area (Å²) >= 11 is 3.44. The quantitative estimate of drug-likeness (QED) is 0.741. The van der Waals surface area contributed by atoms with E-state index in [0.29, 0.717) is 26.4 Å². The van der Waals surface area contributed by atoms with Crippen molar-refractivity contribution in [3.8, 4) is 5.75 Å². The third kappa shape index (κ3) is 5.87. The molecular weight excluding hydrogens is 330 g/mol. The van der Waals surface area contributed by atoms with Crippen LogP contribution >= 0.6 is 15.9 Å². The van der Waals surface area contributed by atoms with Crippen molar-refractivity contribution >= 4 is 15.9 Å². The Kier molecular flexibility index (Phi) is 6.73. The summed E-state index contributed by atoms with van der Waals surface area (Å²) < 4.78 is 12.3. The van der Waals surface area contributed by atoms with Crippen LogP contribution < -0.4 is 10.5 Å². The first-order chi connectivity index (χ1) is 10.3. The molecule has 2 aromatic carbocycles. The molecule has 0 unspecified atom stereocenters. The highest BCUT2D eigenvalue weighted by Crippen LogP contribution is 2.13. The fourth-order valence-corrected chi connectivity index (χ4v) is 2.40. The number of ether oxygens (including phenoxy) is 2. The summed E-state index contributed by atoms with van der Waals surface area (Å²) in [6.07, 6.45) is 0.899. The van der Waals surface area contributed by atoms with Gasteiger partial charge in [-0.05, 0) is 48.4 Å². The van der Waals surface area contributed by atoms with Crippen molar-refractivity contribution in [2.45, 2.75) is 13.0 Å². The minimum Gasteiger partial charge on any atom is -0.491 e. The molecule has 0 amide bonds. The molecule has 0 aliphatic carbocycles. The average Bonchev–Trinajstić information content (AvgIpc) is 2.49. The molecule has 0 heterocycles. The normalized spacial score (nSPS) is 10.6. The average molecular weight is 350 g/mol. The first-order valence-corrected chi connectivity index (χ1v) is 7.81. The maximum absolute atomic E-state index is 5.64. The van der Waals surface area contributed by atoms with Crippen LogP contribution in [0.2, 0.25) is 0 Å². The van der Waals surface area contributed by atoms with Gasteiger partial charge in [0.2, 0.25) is 0 Å². The highest BCUT2D eigenvalue weighted by Gasteiger charge is 1.97. The van der Waals surface area contributed by atoms with E-state index in [2.05, 4.69) is 22.0 Å². The van der Waals surface area contributed by atoms with E-state index in [1.165, 1.54) is 5.56 Å². The predicted molar refractivity (Wildman–Crippen MR) is 88.5 cm³/mol. The minimum absolute atomic E-state index is 0.546. The monoisotopic (exact) mass is 349 g/mol. The lowest BCUT2D eigenvalue weighted by Crippen LogP contribution is -2.07. The lowest BCUT2D eigenvalue weighted by molar-refractivity contribution is 0.0889. The summed E-state index contributed by atoms with van der Waals surface area (Å²) in [5.41, 5.74) is 7.90. The van der Waals surface area contributed by atoms with Gasteiger partial charge in [0.25, 0.3) is 0 Å². The van der Waals surface area contributed by atoms with E-state index < -0.39 is 0 Å². The van der Waals surface area contributed by atoms with E-state index in [1.54, 1.807) is 0 Å². The Balaban J connectivity index is 1.65. The molecule has 4 heteroatoms. The summed E-state index contributed by atoms with van der Waals surface area (Å²) in [4.78, 5) is 0. The lowest BCUT2D eigenvalue weighted by atomic mass is 10.1. The largest absolute Gasteiger partial charge is 0.491 e. The molecule has 21 heavy (non-hydrogen) atoms. The van der Waals surface area contributed by atoms with E-state index in [4.69, 9.17) is 15.2 Å². The van der Waals surface area contributed by atoms with Crippen LogP contribution in [-0.2, 0) is 17.8 Å². The maximum atomic E-state index is 5.64. The molecule has 0 radical (unpaired) electrons. The maximum Gasteiger partial charge on any atom is 0.119 e. The van der Waals surface area contributed by atoms with Crippen LogP contribution in [0.25, 0.3) is 0 Å². The van der Waals surface area contributed by atoms with Crippen molar-refractivity contribution in [1.82, 2.24) is 0 Å². The van der Waals surface area contributed by atoms with Crippen LogP contribution in [0.4, 0.5) is 0 Å². The third-order valence-electron chi connectivity index (χ3n) is 3.01. The Labute approximate surface area is 134 Å². The van der Waals surface area contributed by atoms with E-state index in [-0.39, 0.29) is 0 Å². The highest BCUT2D eigenvalue weighted by molar-refractivity contribution is 9.10. The molecule has 0 aromatic heterocycles. The standard InChI is InChI=1S/C17H20BrNO2/c18-16-3-1-2-15(12-16)13-20-10-11-21-17-6-4-14(5-7-17)8-9-19/h1-7,12H,8-11,13,19H2. The number of hydrogen-bond acceptors (Lipinski definition) is 3. The van der Waals surface area contributed by atoms with Crippen molar-refractivity contribution in [2.75, 3.05) is 19.8 Å². The predicted octanol–water partition coefficient (Wildman–Crippen LogP) is 3.55. The van der Waals surface area contributed by atoms with Crippen LogP contribution in [-0.4, -0.2) is 19.8 Å². The number of nitrogens with two attached hydrogens (primary N) is 1. The molecule has 2 aromatic rings. The van der Waals surface area contributed by atoms with Crippen LogP contribution in [0.15, 0.2) is 53.0 Å². The Morgan fingerprint density at radius 1 is 0.952 bits per heavy atom. The van der Waals surface area contributed by atoms with Gasteiger partial charge in [0.15, 0.2) is 0 Å². The Bertz CT molecular complexity index is 543. The number of benzene rings is 2. The molecule has 0 spiro atoms. The molecule has 0 bridgehead atoms. The first-order valence-electron chi connectivity index (χ1n) is 7.02. The van der Waals surface area contributed by atoms with E-state index in [9.17, 15) is 0 Å². The minimum atomic E-state index is 0.546. The van der Waals surface area contributed by atoms with Crippen molar-refractivity contribution in [2.24, 2.45) is 5.73 Å². The summed E-state index contributed by atoms with van der Waals surface area (Å²) in [5, 5.41) is 0. The summed E-state index contributed by atoms with van der Waals surface area (Å²) in [5.74, 6) is 0.863. The van der Waals surface area contributed by atoms with Crippen molar-refractivity contribution in [3.63, 3.8) is 0 Å². The van der Waals surface area contributed by atoms with E-state index in [0.717, 1.165) is 22.2 Å². The molecule has 0 aliphatic rings. The molecule has 0 fully saturated rings. The lowest BCUT2D eigenvalue weighted by Gasteiger charge is -2.08.